The van der Waals surface area contributed by atoms with Gasteiger partial charge in [-0.3, -0.25) is 4.98 Å². The molecule has 0 aliphatic heterocycles. The standard InChI is InChI=1S/C9H12BrClN2O/c10-8-7-12-3-1-9(8)13-4-6-14-5-2-11/h1,3,7H,2,4-6H2,(H,12,13). The molecule has 0 aliphatic carbocycles. The third-order valence-electron chi connectivity index (χ3n) is 1.56. The fraction of sp³-hybridized carbons (Fsp3) is 0.444. The Bertz CT molecular complexity index is 273. The van der Waals surface area contributed by atoms with Crippen molar-refractivity contribution in [3.05, 3.63) is 22.9 Å². The topological polar surface area (TPSA) is 34.1 Å². The van der Waals surface area contributed by atoms with Crippen LogP contribution in [0.3, 0.4) is 0 Å². The lowest BCUT2D eigenvalue weighted by molar-refractivity contribution is 0.160. The third kappa shape index (κ3) is 4.26. The zero-order valence-electron chi connectivity index (χ0n) is 7.67. The van der Waals surface area contributed by atoms with Crippen molar-refractivity contribution in [1.82, 2.24) is 4.98 Å². The summed E-state index contributed by atoms with van der Waals surface area (Å²) in [5.74, 6) is 0.541. The van der Waals surface area contributed by atoms with Gasteiger partial charge < -0.3 is 10.1 Å². The van der Waals surface area contributed by atoms with E-state index in [-0.39, 0.29) is 0 Å². The van der Waals surface area contributed by atoms with E-state index in [4.69, 9.17) is 16.3 Å². The first-order valence-electron chi connectivity index (χ1n) is 4.31. The van der Waals surface area contributed by atoms with Crippen molar-refractivity contribution >= 4 is 33.2 Å². The van der Waals surface area contributed by atoms with Gasteiger partial charge in [-0.2, -0.15) is 0 Å². The molecule has 0 amide bonds. The summed E-state index contributed by atoms with van der Waals surface area (Å²) in [6, 6.07) is 1.91. The number of ether oxygens (including phenoxy) is 1. The Kier molecular flexibility index (Phi) is 5.91. The average molecular weight is 280 g/mol. The van der Waals surface area contributed by atoms with Crippen molar-refractivity contribution in [2.24, 2.45) is 0 Å². The van der Waals surface area contributed by atoms with Gasteiger partial charge in [0.1, 0.15) is 0 Å². The summed E-state index contributed by atoms with van der Waals surface area (Å²) in [6.45, 7) is 2.02. The number of pyridine rings is 1. The Hall–Kier alpha value is -0.320. The minimum Gasteiger partial charge on any atom is -0.382 e. The third-order valence-corrected chi connectivity index (χ3v) is 2.34. The highest BCUT2D eigenvalue weighted by atomic mass is 79.9. The summed E-state index contributed by atoms with van der Waals surface area (Å²) in [5.41, 5.74) is 1.02. The number of hydrogen-bond donors (Lipinski definition) is 1. The normalized spacial score (nSPS) is 10.1. The second kappa shape index (κ2) is 7.04. The average Bonchev–Trinajstić information content (AvgIpc) is 2.20. The molecule has 0 atom stereocenters. The predicted molar refractivity (Wildman–Crippen MR) is 62.0 cm³/mol. The van der Waals surface area contributed by atoms with E-state index in [1.54, 1.807) is 12.4 Å². The molecule has 1 aromatic heterocycles. The maximum atomic E-state index is 5.46. The van der Waals surface area contributed by atoms with Crippen molar-refractivity contribution < 1.29 is 4.74 Å². The molecule has 5 heteroatoms. The quantitative estimate of drug-likeness (QED) is 0.642. The minimum absolute atomic E-state index is 0.541. The van der Waals surface area contributed by atoms with Gasteiger partial charge in [-0.1, -0.05) is 0 Å². The van der Waals surface area contributed by atoms with Crippen LogP contribution < -0.4 is 5.32 Å². The van der Waals surface area contributed by atoms with Gasteiger partial charge in [0.05, 0.1) is 23.4 Å². The fourth-order valence-corrected chi connectivity index (χ4v) is 1.43. The van der Waals surface area contributed by atoms with Crippen LogP contribution in [0.25, 0.3) is 0 Å². The molecule has 0 spiro atoms. The van der Waals surface area contributed by atoms with Crippen molar-refractivity contribution in [3.8, 4) is 0 Å². The smallest absolute Gasteiger partial charge is 0.0639 e. The molecule has 0 radical (unpaired) electrons. The van der Waals surface area contributed by atoms with Crippen molar-refractivity contribution in [2.75, 3.05) is 31.0 Å². The molecule has 78 valence electrons. The number of anilines is 1. The van der Waals surface area contributed by atoms with Crippen LogP contribution in [0.15, 0.2) is 22.9 Å². The van der Waals surface area contributed by atoms with Crippen LogP contribution in [0, 0.1) is 0 Å². The van der Waals surface area contributed by atoms with E-state index < -0.39 is 0 Å². The Labute approximate surface area is 96.9 Å². The van der Waals surface area contributed by atoms with Crippen LogP contribution in [0.5, 0.6) is 0 Å². The number of nitrogens with one attached hydrogen (secondary N) is 1. The zero-order valence-corrected chi connectivity index (χ0v) is 10.0. The summed E-state index contributed by atoms with van der Waals surface area (Å²) < 4.78 is 6.17. The zero-order chi connectivity index (χ0) is 10.2. The first kappa shape index (κ1) is 11.8. The summed E-state index contributed by atoms with van der Waals surface area (Å²) >= 11 is 8.85. The Morgan fingerprint density at radius 2 is 2.36 bits per heavy atom. The lowest BCUT2D eigenvalue weighted by Crippen LogP contribution is -2.10. The minimum atomic E-state index is 0.541. The van der Waals surface area contributed by atoms with Crippen molar-refractivity contribution in [3.63, 3.8) is 0 Å². The number of rotatable bonds is 6. The van der Waals surface area contributed by atoms with Crippen LogP contribution >= 0.6 is 27.5 Å². The monoisotopic (exact) mass is 278 g/mol. The molecule has 0 saturated carbocycles. The Morgan fingerprint density at radius 1 is 1.50 bits per heavy atom. The fourth-order valence-electron chi connectivity index (χ4n) is 0.933. The van der Waals surface area contributed by atoms with Crippen molar-refractivity contribution in [1.29, 1.82) is 0 Å². The van der Waals surface area contributed by atoms with Crippen molar-refractivity contribution in [2.45, 2.75) is 0 Å². The molecule has 0 fully saturated rings. The highest BCUT2D eigenvalue weighted by molar-refractivity contribution is 9.10. The lowest BCUT2D eigenvalue weighted by Gasteiger charge is -2.07. The molecule has 0 saturated heterocycles. The highest BCUT2D eigenvalue weighted by Crippen LogP contribution is 2.19. The van der Waals surface area contributed by atoms with E-state index >= 15 is 0 Å². The molecule has 1 rings (SSSR count). The molecule has 1 heterocycles. The van der Waals surface area contributed by atoms with E-state index in [1.165, 1.54) is 0 Å². The Morgan fingerprint density at radius 3 is 3.07 bits per heavy atom. The molecule has 3 nitrogen and oxygen atoms in total. The van der Waals surface area contributed by atoms with E-state index in [1.807, 2.05) is 6.07 Å². The van der Waals surface area contributed by atoms with Crippen LogP contribution in [0.4, 0.5) is 5.69 Å². The second-order valence-electron chi connectivity index (χ2n) is 2.58. The summed E-state index contributed by atoms with van der Waals surface area (Å²) in [4.78, 5) is 3.97. The van der Waals surface area contributed by atoms with Gasteiger partial charge >= 0.3 is 0 Å². The SMILES string of the molecule is ClCCOCCNc1ccncc1Br. The van der Waals surface area contributed by atoms with E-state index in [0.29, 0.717) is 19.1 Å². The molecular weight excluding hydrogens is 267 g/mol. The van der Waals surface area contributed by atoms with E-state index in [0.717, 1.165) is 16.7 Å². The van der Waals surface area contributed by atoms with Gasteiger partial charge in [0.2, 0.25) is 0 Å². The number of halogens is 2. The molecule has 0 unspecified atom stereocenters. The Balaban J connectivity index is 2.21. The molecule has 0 aromatic carbocycles. The molecule has 0 aliphatic rings. The summed E-state index contributed by atoms with van der Waals surface area (Å²) in [6.07, 6.45) is 3.49. The molecular formula is C9H12BrClN2O. The summed E-state index contributed by atoms with van der Waals surface area (Å²) in [7, 11) is 0. The van der Waals surface area contributed by atoms with Crippen LogP contribution in [-0.4, -0.2) is 30.6 Å². The highest BCUT2D eigenvalue weighted by Gasteiger charge is 1.96. The predicted octanol–water partition coefficient (Wildman–Crippen LogP) is 2.51. The number of alkyl halides is 1. The van der Waals surface area contributed by atoms with Crippen LogP contribution in [0.2, 0.25) is 0 Å². The maximum absolute atomic E-state index is 5.46. The van der Waals surface area contributed by atoms with Gasteiger partial charge in [0.15, 0.2) is 0 Å². The largest absolute Gasteiger partial charge is 0.382 e. The second-order valence-corrected chi connectivity index (χ2v) is 3.82. The molecule has 1 aromatic rings. The number of aromatic nitrogens is 1. The van der Waals surface area contributed by atoms with Gasteiger partial charge in [-0.05, 0) is 22.0 Å². The van der Waals surface area contributed by atoms with Gasteiger partial charge in [0.25, 0.3) is 0 Å². The number of hydrogen-bond acceptors (Lipinski definition) is 3. The van der Waals surface area contributed by atoms with E-state index in [9.17, 15) is 0 Å². The van der Waals surface area contributed by atoms with E-state index in [2.05, 4.69) is 26.2 Å². The van der Waals surface area contributed by atoms with Crippen LogP contribution in [0.1, 0.15) is 0 Å². The van der Waals surface area contributed by atoms with Gasteiger partial charge in [-0.15, -0.1) is 11.6 Å². The van der Waals surface area contributed by atoms with Gasteiger partial charge in [-0.25, -0.2) is 0 Å². The van der Waals surface area contributed by atoms with Gasteiger partial charge in [0, 0.05) is 24.8 Å². The number of nitrogens with zero attached hydrogens (tertiary/aromatic N) is 1. The molecule has 0 bridgehead atoms. The molecule has 1 N–H and O–H groups in total. The van der Waals surface area contributed by atoms with Crippen LogP contribution in [-0.2, 0) is 4.74 Å². The molecule has 14 heavy (non-hydrogen) atoms. The first-order valence-corrected chi connectivity index (χ1v) is 5.64. The summed E-state index contributed by atoms with van der Waals surface area (Å²) in [5, 5.41) is 3.22. The lowest BCUT2D eigenvalue weighted by atomic mass is 10.4. The maximum Gasteiger partial charge on any atom is 0.0639 e. The first-order chi connectivity index (χ1) is 6.84.